The molecular weight excluding hydrogens is 182 g/mol. The predicted octanol–water partition coefficient (Wildman–Crippen LogP) is 3.14. The van der Waals surface area contributed by atoms with Crippen molar-refractivity contribution >= 4 is 0 Å². The van der Waals surface area contributed by atoms with Crippen molar-refractivity contribution < 1.29 is 0 Å². The van der Waals surface area contributed by atoms with Gasteiger partial charge in [0.1, 0.15) is 0 Å². The molecule has 1 aliphatic carbocycles. The fourth-order valence-corrected chi connectivity index (χ4v) is 1.89. The summed E-state index contributed by atoms with van der Waals surface area (Å²) in [6.45, 7) is 5.58. The lowest BCUT2D eigenvalue weighted by molar-refractivity contribution is 0.644. The van der Waals surface area contributed by atoms with Crippen LogP contribution in [0.5, 0.6) is 0 Å². The smallest absolute Gasteiger partial charge is 0.0208 e. The number of hydrogen-bond donors (Lipinski definition) is 1. The monoisotopic (exact) mass is 203 g/mol. The first kappa shape index (κ1) is 10.7. The highest BCUT2D eigenvalue weighted by atomic mass is 14.9. The Hall–Kier alpha value is -0.820. The average Bonchev–Trinajstić information content (AvgIpc) is 2.97. The Labute approximate surface area is 92.9 Å². The quantitative estimate of drug-likeness (QED) is 0.775. The van der Waals surface area contributed by atoms with E-state index in [1.165, 1.54) is 30.4 Å². The highest BCUT2D eigenvalue weighted by molar-refractivity contribution is 5.23. The Morgan fingerprint density at radius 1 is 1.27 bits per heavy atom. The highest BCUT2D eigenvalue weighted by Crippen LogP contribution is 2.19. The van der Waals surface area contributed by atoms with E-state index in [4.69, 9.17) is 0 Å². The molecule has 2 rings (SSSR count). The van der Waals surface area contributed by atoms with Crippen molar-refractivity contribution in [1.29, 1.82) is 0 Å². The maximum atomic E-state index is 3.55. The molecule has 1 saturated carbocycles. The second-order valence-corrected chi connectivity index (χ2v) is 5.07. The molecule has 0 heterocycles. The summed E-state index contributed by atoms with van der Waals surface area (Å²) in [7, 11) is 0. The molecule has 0 amide bonds. The molecule has 1 aromatic rings. The van der Waals surface area contributed by atoms with Gasteiger partial charge in [0.05, 0.1) is 0 Å². The third-order valence-electron chi connectivity index (χ3n) is 2.81. The summed E-state index contributed by atoms with van der Waals surface area (Å²) in [5, 5.41) is 3.55. The van der Waals surface area contributed by atoms with Crippen LogP contribution in [0.15, 0.2) is 24.3 Å². The maximum absolute atomic E-state index is 3.55. The van der Waals surface area contributed by atoms with Crippen LogP contribution in [0.2, 0.25) is 0 Å². The molecule has 0 spiro atoms. The lowest BCUT2D eigenvalue weighted by Crippen LogP contribution is -2.15. The van der Waals surface area contributed by atoms with Gasteiger partial charge in [-0.1, -0.05) is 38.1 Å². The zero-order chi connectivity index (χ0) is 10.7. The molecule has 1 nitrogen and oxygen atoms in total. The van der Waals surface area contributed by atoms with Crippen LogP contribution in [0.1, 0.15) is 37.8 Å². The molecule has 0 saturated heterocycles. The van der Waals surface area contributed by atoms with E-state index < -0.39 is 0 Å². The fraction of sp³-hybridized carbons (Fsp3) is 0.571. The van der Waals surface area contributed by atoms with Gasteiger partial charge in [0, 0.05) is 12.6 Å². The average molecular weight is 203 g/mol. The third kappa shape index (κ3) is 3.67. The van der Waals surface area contributed by atoms with E-state index in [1.807, 2.05) is 0 Å². The van der Waals surface area contributed by atoms with Crippen LogP contribution in [0, 0.1) is 5.92 Å². The van der Waals surface area contributed by atoms with Crippen molar-refractivity contribution in [2.75, 3.05) is 0 Å². The van der Waals surface area contributed by atoms with Gasteiger partial charge in [0.15, 0.2) is 0 Å². The van der Waals surface area contributed by atoms with Crippen molar-refractivity contribution in [2.24, 2.45) is 5.92 Å². The van der Waals surface area contributed by atoms with Crippen molar-refractivity contribution in [3.8, 4) is 0 Å². The summed E-state index contributed by atoms with van der Waals surface area (Å²) in [5.41, 5.74) is 2.90. The van der Waals surface area contributed by atoms with Gasteiger partial charge >= 0.3 is 0 Å². The minimum Gasteiger partial charge on any atom is -0.310 e. The maximum Gasteiger partial charge on any atom is 0.0208 e. The van der Waals surface area contributed by atoms with Crippen LogP contribution >= 0.6 is 0 Å². The minimum atomic E-state index is 0.747. The standard InChI is InChI=1S/C14H21N/c1-11(2)8-12-4-3-5-13(9-12)10-15-14-6-7-14/h3-5,9,11,14-15H,6-8,10H2,1-2H3. The van der Waals surface area contributed by atoms with E-state index in [9.17, 15) is 0 Å². The molecule has 0 radical (unpaired) electrons. The number of nitrogens with one attached hydrogen (secondary N) is 1. The molecule has 1 aromatic carbocycles. The van der Waals surface area contributed by atoms with Crippen LogP contribution in [-0.2, 0) is 13.0 Å². The van der Waals surface area contributed by atoms with E-state index in [0.29, 0.717) is 0 Å². The summed E-state index contributed by atoms with van der Waals surface area (Å²) in [6, 6.07) is 9.79. The molecule has 0 bridgehead atoms. The van der Waals surface area contributed by atoms with Gasteiger partial charge in [-0.2, -0.15) is 0 Å². The Kier molecular flexibility index (Phi) is 3.42. The zero-order valence-electron chi connectivity index (χ0n) is 9.79. The molecule has 0 atom stereocenters. The minimum absolute atomic E-state index is 0.747. The summed E-state index contributed by atoms with van der Waals surface area (Å²) in [6.07, 6.45) is 3.93. The summed E-state index contributed by atoms with van der Waals surface area (Å²) >= 11 is 0. The van der Waals surface area contributed by atoms with Crippen molar-refractivity contribution in [2.45, 2.75) is 45.7 Å². The van der Waals surface area contributed by atoms with Crippen LogP contribution in [0.3, 0.4) is 0 Å². The van der Waals surface area contributed by atoms with Crippen LogP contribution in [0.4, 0.5) is 0 Å². The molecular formula is C14H21N. The third-order valence-corrected chi connectivity index (χ3v) is 2.81. The summed E-state index contributed by atoms with van der Waals surface area (Å²) in [5.74, 6) is 0.747. The SMILES string of the molecule is CC(C)Cc1cccc(CNC2CC2)c1. The Bertz CT molecular complexity index is 313. The van der Waals surface area contributed by atoms with Gasteiger partial charge in [-0.25, -0.2) is 0 Å². The van der Waals surface area contributed by atoms with E-state index in [-0.39, 0.29) is 0 Å². The molecule has 82 valence electrons. The fourth-order valence-electron chi connectivity index (χ4n) is 1.89. The van der Waals surface area contributed by atoms with Crippen molar-refractivity contribution in [3.05, 3.63) is 35.4 Å². The first-order chi connectivity index (χ1) is 7.24. The Morgan fingerprint density at radius 3 is 2.67 bits per heavy atom. The first-order valence-corrected chi connectivity index (χ1v) is 6.05. The molecule has 1 heteroatoms. The van der Waals surface area contributed by atoms with Crippen LogP contribution < -0.4 is 5.32 Å². The summed E-state index contributed by atoms with van der Waals surface area (Å²) in [4.78, 5) is 0. The van der Waals surface area contributed by atoms with Crippen LogP contribution in [0.25, 0.3) is 0 Å². The Balaban J connectivity index is 1.91. The van der Waals surface area contributed by atoms with Gasteiger partial charge < -0.3 is 5.32 Å². The molecule has 1 N–H and O–H groups in total. The lowest BCUT2D eigenvalue weighted by atomic mass is 10.0. The predicted molar refractivity (Wildman–Crippen MR) is 64.8 cm³/mol. The molecule has 0 aromatic heterocycles. The number of benzene rings is 1. The molecule has 0 unspecified atom stereocenters. The van der Waals surface area contributed by atoms with Gasteiger partial charge in [0.25, 0.3) is 0 Å². The normalized spacial score (nSPS) is 15.9. The zero-order valence-corrected chi connectivity index (χ0v) is 9.79. The van der Waals surface area contributed by atoms with Crippen LogP contribution in [-0.4, -0.2) is 6.04 Å². The largest absolute Gasteiger partial charge is 0.310 e. The van der Waals surface area contributed by atoms with E-state index in [0.717, 1.165) is 18.5 Å². The topological polar surface area (TPSA) is 12.0 Å². The first-order valence-electron chi connectivity index (χ1n) is 6.05. The van der Waals surface area contributed by atoms with Gasteiger partial charge in [-0.15, -0.1) is 0 Å². The van der Waals surface area contributed by atoms with Gasteiger partial charge in [-0.3, -0.25) is 0 Å². The Morgan fingerprint density at radius 2 is 2.00 bits per heavy atom. The second-order valence-electron chi connectivity index (χ2n) is 5.07. The van der Waals surface area contributed by atoms with Gasteiger partial charge in [0.2, 0.25) is 0 Å². The van der Waals surface area contributed by atoms with Crippen molar-refractivity contribution in [3.63, 3.8) is 0 Å². The van der Waals surface area contributed by atoms with E-state index in [1.54, 1.807) is 0 Å². The van der Waals surface area contributed by atoms with E-state index in [2.05, 4.69) is 43.4 Å². The molecule has 1 fully saturated rings. The van der Waals surface area contributed by atoms with Gasteiger partial charge in [-0.05, 0) is 36.3 Å². The molecule has 15 heavy (non-hydrogen) atoms. The molecule has 0 aliphatic heterocycles. The molecule has 1 aliphatic rings. The van der Waals surface area contributed by atoms with Crippen molar-refractivity contribution in [1.82, 2.24) is 5.32 Å². The lowest BCUT2D eigenvalue weighted by Gasteiger charge is -2.08. The van der Waals surface area contributed by atoms with E-state index >= 15 is 0 Å². The second kappa shape index (κ2) is 4.80. The summed E-state index contributed by atoms with van der Waals surface area (Å²) < 4.78 is 0. The number of hydrogen-bond acceptors (Lipinski definition) is 1. The highest BCUT2D eigenvalue weighted by Gasteiger charge is 2.19. The number of rotatable bonds is 5.